The fourth-order valence-electron chi connectivity index (χ4n) is 0.832. The molecule has 84 valence electrons. The largest absolute Gasteiger partial charge is 0.299 e. The van der Waals surface area contributed by atoms with E-state index in [1.165, 1.54) is 6.92 Å². The van der Waals surface area contributed by atoms with Crippen LogP contribution < -0.4 is 4.72 Å². The van der Waals surface area contributed by atoms with Gasteiger partial charge in [0.1, 0.15) is 9.99 Å². The first-order chi connectivity index (χ1) is 6.83. The van der Waals surface area contributed by atoms with Gasteiger partial charge in [0, 0.05) is 0 Å². The Morgan fingerprint density at radius 1 is 1.60 bits per heavy atom. The molecule has 1 rings (SSSR count). The summed E-state index contributed by atoms with van der Waals surface area (Å²) in [6.07, 6.45) is 0. The van der Waals surface area contributed by atoms with Crippen LogP contribution in [-0.4, -0.2) is 20.7 Å². The predicted molar refractivity (Wildman–Crippen MR) is 62.6 cm³/mol. The van der Waals surface area contributed by atoms with Gasteiger partial charge in [-0.3, -0.25) is 4.79 Å². The van der Waals surface area contributed by atoms with Crippen LogP contribution >= 0.6 is 27.3 Å². The molecule has 0 bridgehead atoms. The Morgan fingerprint density at radius 2 is 2.20 bits per heavy atom. The van der Waals surface area contributed by atoms with E-state index < -0.39 is 10.0 Å². The van der Waals surface area contributed by atoms with Gasteiger partial charge < -0.3 is 0 Å². The summed E-state index contributed by atoms with van der Waals surface area (Å²) in [6, 6.07) is 1.57. The lowest BCUT2D eigenvalue weighted by Gasteiger charge is -2.00. The summed E-state index contributed by atoms with van der Waals surface area (Å²) in [5.41, 5.74) is 0.864. The second kappa shape index (κ2) is 4.73. The summed E-state index contributed by atoms with van der Waals surface area (Å²) in [6.45, 7) is 2.97. The molecule has 0 radical (unpaired) electrons. The van der Waals surface area contributed by atoms with Crippen molar-refractivity contribution < 1.29 is 13.2 Å². The smallest absolute Gasteiger partial charge is 0.250 e. The van der Waals surface area contributed by atoms with Crippen LogP contribution in [0.15, 0.2) is 14.1 Å². The number of nitrogens with one attached hydrogen (secondary N) is 1. The van der Waals surface area contributed by atoms with Gasteiger partial charge in [-0.25, -0.2) is 13.1 Å². The van der Waals surface area contributed by atoms with E-state index >= 15 is 0 Å². The first-order valence-corrected chi connectivity index (χ1v) is 7.17. The van der Waals surface area contributed by atoms with E-state index in [1.54, 1.807) is 6.07 Å². The van der Waals surface area contributed by atoms with E-state index in [9.17, 15) is 13.2 Å². The van der Waals surface area contributed by atoms with Crippen molar-refractivity contribution in [3.63, 3.8) is 0 Å². The van der Waals surface area contributed by atoms with Crippen LogP contribution in [0.4, 0.5) is 0 Å². The zero-order valence-electron chi connectivity index (χ0n) is 8.20. The molecule has 0 aliphatic carbocycles. The van der Waals surface area contributed by atoms with E-state index in [0.29, 0.717) is 0 Å². The zero-order chi connectivity index (χ0) is 11.6. The van der Waals surface area contributed by atoms with Gasteiger partial charge in [0.25, 0.3) is 0 Å². The van der Waals surface area contributed by atoms with Crippen molar-refractivity contribution in [1.29, 1.82) is 0 Å². The van der Waals surface area contributed by atoms with Gasteiger partial charge >= 0.3 is 0 Å². The molecule has 0 aliphatic rings. The Balaban J connectivity index is 2.91. The second-order valence-electron chi connectivity index (χ2n) is 3.05. The van der Waals surface area contributed by atoms with Gasteiger partial charge in [-0.1, -0.05) is 0 Å². The molecule has 15 heavy (non-hydrogen) atoms. The molecule has 0 amide bonds. The number of rotatable bonds is 4. The fourth-order valence-corrected chi connectivity index (χ4v) is 4.16. The topological polar surface area (TPSA) is 63.2 Å². The number of aryl methyl sites for hydroxylation is 1. The minimum Gasteiger partial charge on any atom is -0.299 e. The van der Waals surface area contributed by atoms with Crippen LogP contribution in [0.3, 0.4) is 0 Å². The Hall–Kier alpha value is -0.240. The number of hydrogen-bond donors (Lipinski definition) is 1. The normalized spacial score (nSPS) is 11.7. The lowest BCUT2D eigenvalue weighted by atomic mass is 10.4. The number of thiophene rings is 1. The van der Waals surface area contributed by atoms with Crippen LogP contribution in [0.5, 0.6) is 0 Å². The van der Waals surface area contributed by atoms with Crippen molar-refractivity contribution in [3.8, 4) is 0 Å². The molecule has 0 saturated carbocycles. The Morgan fingerprint density at radius 3 is 2.60 bits per heavy atom. The minimum absolute atomic E-state index is 0.170. The maximum atomic E-state index is 11.6. The van der Waals surface area contributed by atoms with Gasteiger partial charge in [-0.15, -0.1) is 11.3 Å². The summed E-state index contributed by atoms with van der Waals surface area (Å²) in [7, 11) is -3.54. The molecular formula is C8H10BrNO3S2. The standard InChI is InChI=1S/C8H10BrNO3S2/c1-5-3-7(14-8(5)9)15(12,13)10-4-6(2)11/h3,10H,4H2,1-2H3. The van der Waals surface area contributed by atoms with Crippen molar-refractivity contribution in [3.05, 3.63) is 15.4 Å². The van der Waals surface area contributed by atoms with E-state index in [2.05, 4.69) is 20.7 Å². The maximum Gasteiger partial charge on any atom is 0.250 e. The van der Waals surface area contributed by atoms with Gasteiger partial charge in [0.2, 0.25) is 10.0 Å². The highest BCUT2D eigenvalue weighted by molar-refractivity contribution is 9.11. The molecule has 0 atom stereocenters. The quantitative estimate of drug-likeness (QED) is 0.920. The van der Waals surface area contributed by atoms with Crippen LogP contribution in [0.25, 0.3) is 0 Å². The van der Waals surface area contributed by atoms with Crippen LogP contribution in [0.2, 0.25) is 0 Å². The summed E-state index contributed by atoms with van der Waals surface area (Å²) >= 11 is 4.38. The lowest BCUT2D eigenvalue weighted by molar-refractivity contribution is -0.115. The third kappa shape index (κ3) is 3.37. The van der Waals surface area contributed by atoms with Crippen molar-refractivity contribution in [2.45, 2.75) is 18.1 Å². The third-order valence-corrected chi connectivity index (χ3v) is 5.62. The predicted octanol–water partition coefficient (Wildman–Crippen LogP) is 1.69. The maximum absolute atomic E-state index is 11.6. The molecule has 0 spiro atoms. The van der Waals surface area contributed by atoms with Gasteiger partial charge in [0.15, 0.2) is 0 Å². The average Bonchev–Trinajstić information content (AvgIpc) is 2.45. The van der Waals surface area contributed by atoms with Crippen molar-refractivity contribution in [2.24, 2.45) is 0 Å². The Kier molecular flexibility index (Phi) is 4.05. The lowest BCUT2D eigenvalue weighted by Crippen LogP contribution is -2.27. The molecule has 7 heteroatoms. The highest BCUT2D eigenvalue weighted by Gasteiger charge is 2.18. The molecule has 0 aliphatic heterocycles. The molecule has 0 unspecified atom stereocenters. The summed E-state index contributed by atoms with van der Waals surface area (Å²) in [5.74, 6) is -0.217. The number of hydrogen-bond acceptors (Lipinski definition) is 4. The van der Waals surface area contributed by atoms with Crippen LogP contribution in [0, 0.1) is 6.92 Å². The molecule has 0 fully saturated rings. The Labute approximate surface area is 101 Å². The number of carbonyl (C=O) groups is 1. The van der Waals surface area contributed by atoms with Gasteiger partial charge in [-0.2, -0.15) is 0 Å². The second-order valence-corrected chi connectivity index (χ2v) is 7.41. The number of carbonyl (C=O) groups excluding carboxylic acids is 1. The number of sulfonamides is 1. The van der Waals surface area contributed by atoms with Crippen molar-refractivity contribution in [1.82, 2.24) is 4.72 Å². The minimum atomic E-state index is -3.54. The highest BCUT2D eigenvalue weighted by Crippen LogP contribution is 2.30. The summed E-state index contributed by atoms with van der Waals surface area (Å²) in [5, 5.41) is 0. The summed E-state index contributed by atoms with van der Waals surface area (Å²) in [4.78, 5) is 10.7. The molecule has 0 saturated heterocycles. The molecule has 1 aromatic heterocycles. The van der Waals surface area contributed by atoms with Crippen molar-refractivity contribution >= 4 is 43.1 Å². The molecule has 1 heterocycles. The van der Waals surface area contributed by atoms with Crippen molar-refractivity contribution in [2.75, 3.05) is 6.54 Å². The summed E-state index contributed by atoms with van der Waals surface area (Å²) < 4.78 is 26.5. The van der Waals surface area contributed by atoms with E-state index in [0.717, 1.165) is 20.7 Å². The van der Waals surface area contributed by atoms with Crippen LogP contribution in [0.1, 0.15) is 12.5 Å². The van der Waals surface area contributed by atoms with Gasteiger partial charge in [-0.05, 0) is 41.4 Å². The number of ketones is 1. The number of Topliss-reactive ketones (excluding diaryl/α,β-unsaturated/α-hetero) is 1. The third-order valence-electron chi connectivity index (χ3n) is 1.61. The monoisotopic (exact) mass is 311 g/mol. The Bertz CT molecular complexity index is 459. The average molecular weight is 312 g/mol. The SMILES string of the molecule is CC(=O)CNS(=O)(=O)c1cc(C)c(Br)s1. The first kappa shape index (κ1) is 12.8. The first-order valence-electron chi connectivity index (χ1n) is 4.08. The highest BCUT2D eigenvalue weighted by atomic mass is 79.9. The zero-order valence-corrected chi connectivity index (χ0v) is 11.4. The molecular weight excluding hydrogens is 302 g/mol. The van der Waals surface area contributed by atoms with Crippen LogP contribution in [-0.2, 0) is 14.8 Å². The molecule has 1 N–H and O–H groups in total. The fraction of sp³-hybridized carbons (Fsp3) is 0.375. The molecule has 0 aromatic carbocycles. The molecule has 4 nitrogen and oxygen atoms in total. The van der Waals surface area contributed by atoms with E-state index in [1.807, 2.05) is 6.92 Å². The molecule has 1 aromatic rings. The van der Waals surface area contributed by atoms with E-state index in [4.69, 9.17) is 0 Å². The number of halogens is 1. The van der Waals surface area contributed by atoms with E-state index in [-0.39, 0.29) is 16.5 Å². The van der Waals surface area contributed by atoms with Gasteiger partial charge in [0.05, 0.1) is 10.3 Å².